The average Bonchev–Trinajstić information content (AvgIpc) is 2.49. The summed E-state index contributed by atoms with van der Waals surface area (Å²) in [7, 11) is 0. The maximum atomic E-state index is 13.8. The molecule has 0 aromatic heterocycles. The first kappa shape index (κ1) is 21.4. The number of aliphatic imine (C=N–C) groups is 1. The Kier molecular flexibility index (Phi) is 7.43. The molecule has 0 amide bonds. The Labute approximate surface area is 153 Å². The third kappa shape index (κ3) is 6.00. The molecule has 0 spiro atoms. The quantitative estimate of drug-likeness (QED) is 0.732. The fraction of sp³-hybridized carbons (Fsp3) is 0.500. The molecular formula is C16H21BrF3N3O2. The second-order valence-electron chi connectivity index (χ2n) is 6.38. The van der Waals surface area contributed by atoms with Gasteiger partial charge in [0.25, 0.3) is 12.9 Å². The molecule has 9 heteroatoms. The Morgan fingerprint density at radius 3 is 2.52 bits per heavy atom. The molecule has 5 nitrogen and oxygen atoms in total. The normalized spacial score (nSPS) is 20.4. The lowest BCUT2D eigenvalue weighted by Crippen LogP contribution is -2.51. The number of nitrogens with zero attached hydrogens (tertiary/aromatic N) is 1. The minimum Gasteiger partial charge on any atom is -0.462 e. The smallest absolute Gasteiger partial charge is 0.293 e. The predicted molar refractivity (Wildman–Crippen MR) is 93.2 cm³/mol. The SMILES string of the molecule is CC(C)(C)OC=O.NC1=NC(c2cc(Br)ccc2F)(C(F)F)CNC1. The number of nitrogens with two attached hydrogens (primary N) is 1. The fourth-order valence-electron chi connectivity index (χ4n) is 2.09. The number of halogens is 4. The topological polar surface area (TPSA) is 76.7 Å². The van der Waals surface area contributed by atoms with Gasteiger partial charge in [0, 0.05) is 16.6 Å². The van der Waals surface area contributed by atoms with E-state index in [1.54, 1.807) is 0 Å². The lowest BCUT2D eigenvalue weighted by Gasteiger charge is -2.33. The van der Waals surface area contributed by atoms with Crippen molar-refractivity contribution in [3.05, 3.63) is 34.1 Å². The number of carbonyl (C=O) groups is 1. The van der Waals surface area contributed by atoms with Crippen LogP contribution in [0.2, 0.25) is 0 Å². The third-order valence-corrected chi connectivity index (χ3v) is 3.69. The zero-order valence-corrected chi connectivity index (χ0v) is 15.7. The molecule has 1 heterocycles. The number of benzene rings is 1. The Morgan fingerprint density at radius 2 is 2.08 bits per heavy atom. The minimum absolute atomic E-state index is 0.0425. The van der Waals surface area contributed by atoms with E-state index in [9.17, 15) is 18.0 Å². The molecule has 1 aliphatic heterocycles. The number of hydrogen-bond acceptors (Lipinski definition) is 5. The monoisotopic (exact) mass is 423 g/mol. The molecule has 1 aliphatic rings. The standard InChI is InChI=1S/C11H11BrF3N3.C5H10O2/c12-6-1-2-8(13)7(3-6)11(10(14)15)5-17-4-9(16)18-11;1-5(2,3)7-4-6/h1-3,10,17H,4-5H2,(H2,16,18);4H,1-3H3. The van der Waals surface area contributed by atoms with Crippen LogP contribution in [0.15, 0.2) is 27.7 Å². The van der Waals surface area contributed by atoms with E-state index in [2.05, 4.69) is 31.0 Å². The van der Waals surface area contributed by atoms with Crippen molar-refractivity contribution in [2.24, 2.45) is 10.7 Å². The summed E-state index contributed by atoms with van der Waals surface area (Å²) in [5.41, 5.74) is 3.05. The van der Waals surface area contributed by atoms with Crippen LogP contribution in [0.4, 0.5) is 13.2 Å². The number of carbonyl (C=O) groups excluding carboxylic acids is 1. The van der Waals surface area contributed by atoms with E-state index in [0.29, 0.717) is 10.9 Å². The molecule has 0 bridgehead atoms. The van der Waals surface area contributed by atoms with Gasteiger partial charge in [0.15, 0.2) is 5.54 Å². The molecular weight excluding hydrogens is 403 g/mol. The van der Waals surface area contributed by atoms with Crippen LogP contribution in [0.5, 0.6) is 0 Å². The van der Waals surface area contributed by atoms with E-state index in [1.807, 2.05) is 20.8 Å². The highest BCUT2D eigenvalue weighted by atomic mass is 79.9. The molecule has 0 radical (unpaired) electrons. The first-order valence-corrected chi connectivity index (χ1v) is 8.21. The number of hydrogen-bond donors (Lipinski definition) is 2. The summed E-state index contributed by atoms with van der Waals surface area (Å²) in [4.78, 5) is 13.4. The van der Waals surface area contributed by atoms with Crippen LogP contribution >= 0.6 is 15.9 Å². The van der Waals surface area contributed by atoms with Crippen LogP contribution in [0.1, 0.15) is 26.3 Å². The van der Waals surface area contributed by atoms with Crippen LogP contribution in [-0.4, -0.2) is 37.4 Å². The van der Waals surface area contributed by atoms with Crippen LogP contribution in [0.25, 0.3) is 0 Å². The Hall–Kier alpha value is -1.61. The summed E-state index contributed by atoms with van der Waals surface area (Å²) in [5, 5.41) is 2.73. The Balaban J connectivity index is 0.000000381. The number of amidine groups is 1. The highest BCUT2D eigenvalue weighted by Crippen LogP contribution is 2.36. The van der Waals surface area contributed by atoms with Crippen LogP contribution in [-0.2, 0) is 15.1 Å². The van der Waals surface area contributed by atoms with E-state index in [0.717, 1.165) is 6.07 Å². The van der Waals surface area contributed by atoms with Gasteiger partial charge in [-0.25, -0.2) is 13.2 Å². The first-order chi connectivity index (χ1) is 11.5. The van der Waals surface area contributed by atoms with E-state index in [-0.39, 0.29) is 30.1 Å². The summed E-state index contributed by atoms with van der Waals surface area (Å²) < 4.78 is 45.6. The molecule has 25 heavy (non-hydrogen) atoms. The second-order valence-corrected chi connectivity index (χ2v) is 7.30. The maximum Gasteiger partial charge on any atom is 0.293 e. The predicted octanol–water partition coefficient (Wildman–Crippen LogP) is 2.97. The van der Waals surface area contributed by atoms with Crippen molar-refractivity contribution in [2.45, 2.75) is 38.3 Å². The lowest BCUT2D eigenvalue weighted by atomic mass is 9.89. The molecule has 140 valence electrons. The van der Waals surface area contributed by atoms with Gasteiger partial charge in [-0.1, -0.05) is 15.9 Å². The fourth-order valence-corrected chi connectivity index (χ4v) is 2.45. The van der Waals surface area contributed by atoms with Crippen molar-refractivity contribution in [3.8, 4) is 0 Å². The first-order valence-electron chi connectivity index (χ1n) is 7.42. The van der Waals surface area contributed by atoms with Crippen molar-refractivity contribution in [1.29, 1.82) is 0 Å². The van der Waals surface area contributed by atoms with Crippen LogP contribution in [0, 0.1) is 5.82 Å². The summed E-state index contributed by atoms with van der Waals surface area (Å²) in [6.07, 6.45) is -2.85. The summed E-state index contributed by atoms with van der Waals surface area (Å²) in [5.74, 6) is -0.681. The minimum atomic E-state index is -2.85. The Bertz CT molecular complexity index is 636. The summed E-state index contributed by atoms with van der Waals surface area (Å²) >= 11 is 3.14. The lowest BCUT2D eigenvalue weighted by molar-refractivity contribution is -0.138. The van der Waals surface area contributed by atoms with E-state index in [4.69, 9.17) is 5.73 Å². The highest BCUT2D eigenvalue weighted by Gasteiger charge is 2.45. The maximum absolute atomic E-state index is 13.8. The van der Waals surface area contributed by atoms with Gasteiger partial charge >= 0.3 is 0 Å². The molecule has 0 aliphatic carbocycles. The Morgan fingerprint density at radius 1 is 1.44 bits per heavy atom. The molecule has 1 atom stereocenters. The number of rotatable bonds is 3. The van der Waals surface area contributed by atoms with Crippen molar-refractivity contribution in [3.63, 3.8) is 0 Å². The van der Waals surface area contributed by atoms with Crippen molar-refractivity contribution >= 4 is 28.2 Å². The van der Waals surface area contributed by atoms with Crippen LogP contribution in [0.3, 0.4) is 0 Å². The largest absolute Gasteiger partial charge is 0.462 e. The van der Waals surface area contributed by atoms with E-state index in [1.165, 1.54) is 12.1 Å². The second kappa shape index (κ2) is 8.66. The van der Waals surface area contributed by atoms with Crippen molar-refractivity contribution < 1.29 is 22.7 Å². The van der Waals surface area contributed by atoms with Gasteiger partial charge in [-0.3, -0.25) is 9.79 Å². The zero-order chi connectivity index (χ0) is 19.3. The summed E-state index contributed by atoms with van der Waals surface area (Å²) in [6, 6.07) is 3.89. The third-order valence-electron chi connectivity index (χ3n) is 3.20. The molecule has 0 saturated heterocycles. The number of nitrogens with one attached hydrogen (secondary N) is 1. The molecule has 1 aromatic carbocycles. The van der Waals surface area contributed by atoms with Gasteiger partial charge in [-0.05, 0) is 39.0 Å². The number of alkyl halides is 2. The average molecular weight is 424 g/mol. The van der Waals surface area contributed by atoms with Gasteiger partial charge in [0.1, 0.15) is 17.3 Å². The van der Waals surface area contributed by atoms with Gasteiger partial charge in [0.2, 0.25) is 0 Å². The van der Waals surface area contributed by atoms with Gasteiger partial charge in [0.05, 0.1) is 6.54 Å². The molecule has 0 fully saturated rings. The zero-order valence-electron chi connectivity index (χ0n) is 14.2. The highest BCUT2D eigenvalue weighted by molar-refractivity contribution is 9.10. The molecule has 3 N–H and O–H groups in total. The van der Waals surface area contributed by atoms with Gasteiger partial charge < -0.3 is 15.8 Å². The van der Waals surface area contributed by atoms with Crippen LogP contribution < -0.4 is 11.1 Å². The van der Waals surface area contributed by atoms with E-state index < -0.39 is 17.8 Å². The van der Waals surface area contributed by atoms with E-state index >= 15 is 0 Å². The van der Waals surface area contributed by atoms with Gasteiger partial charge in [-0.15, -0.1) is 0 Å². The van der Waals surface area contributed by atoms with Crippen molar-refractivity contribution in [1.82, 2.24) is 5.32 Å². The molecule has 2 rings (SSSR count). The van der Waals surface area contributed by atoms with Crippen molar-refractivity contribution in [2.75, 3.05) is 13.1 Å². The molecule has 0 saturated carbocycles. The van der Waals surface area contributed by atoms with Gasteiger partial charge in [-0.2, -0.15) is 0 Å². The molecule has 1 aromatic rings. The number of ether oxygens (including phenoxy) is 1. The summed E-state index contributed by atoms with van der Waals surface area (Å²) in [6.45, 7) is 5.99. The molecule has 1 unspecified atom stereocenters.